The van der Waals surface area contributed by atoms with E-state index in [1.807, 2.05) is 0 Å². The van der Waals surface area contributed by atoms with Crippen LogP contribution >= 0.6 is 0 Å². The molecule has 2 aliphatic rings. The minimum atomic E-state index is 0.726. The predicted octanol–water partition coefficient (Wildman–Crippen LogP) is 10.0. The molecule has 1 nitrogen and oxygen atoms in total. The molecule has 0 bridgehead atoms. The van der Waals surface area contributed by atoms with Gasteiger partial charge in [-0.25, -0.2) is 0 Å². The van der Waals surface area contributed by atoms with Crippen LogP contribution < -0.4 is 0 Å². The average Bonchev–Trinajstić information content (AvgIpc) is 2.85. The third-order valence-corrected chi connectivity index (χ3v) is 8.88. The summed E-state index contributed by atoms with van der Waals surface area (Å²) in [7, 11) is 0. The summed E-state index contributed by atoms with van der Waals surface area (Å²) in [6.07, 6.45) is 30.8. The number of aryl methyl sites for hydroxylation is 1. The zero-order chi connectivity index (χ0) is 22.4. The summed E-state index contributed by atoms with van der Waals surface area (Å²) in [5, 5.41) is 0. The van der Waals surface area contributed by atoms with Gasteiger partial charge >= 0.3 is 0 Å². The molecule has 0 saturated heterocycles. The first-order chi connectivity index (χ1) is 15.8. The Balaban J connectivity index is 1.30. The maximum Gasteiger partial charge on any atom is 0.0434 e. The Morgan fingerprint density at radius 2 is 1.25 bits per heavy atom. The Hall–Kier alpha value is -0.850. The quantitative estimate of drug-likeness (QED) is 0.263. The van der Waals surface area contributed by atoms with E-state index in [9.17, 15) is 0 Å². The van der Waals surface area contributed by atoms with Gasteiger partial charge in [0.05, 0.1) is 0 Å². The van der Waals surface area contributed by atoms with E-state index in [2.05, 4.69) is 32.2 Å². The third kappa shape index (κ3) is 8.83. The van der Waals surface area contributed by atoms with Crippen LogP contribution in [0.1, 0.15) is 153 Å². The van der Waals surface area contributed by atoms with Gasteiger partial charge < -0.3 is 0 Å². The van der Waals surface area contributed by atoms with Gasteiger partial charge in [0.15, 0.2) is 0 Å². The lowest BCUT2D eigenvalue weighted by Crippen LogP contribution is -2.25. The minimum Gasteiger partial charge on any atom is -0.261 e. The molecule has 0 amide bonds. The summed E-state index contributed by atoms with van der Waals surface area (Å²) in [4.78, 5) is 4.91. The summed E-state index contributed by atoms with van der Waals surface area (Å²) in [6, 6.07) is 4.73. The Kier molecular flexibility index (Phi) is 12.2. The van der Waals surface area contributed by atoms with Crippen molar-refractivity contribution in [3.8, 4) is 0 Å². The third-order valence-electron chi connectivity index (χ3n) is 8.88. The van der Waals surface area contributed by atoms with Crippen molar-refractivity contribution in [2.75, 3.05) is 0 Å². The van der Waals surface area contributed by atoms with E-state index in [0.717, 1.165) is 23.7 Å². The van der Waals surface area contributed by atoms with Crippen LogP contribution in [0.4, 0.5) is 0 Å². The average molecular weight is 440 g/mol. The highest BCUT2D eigenvalue weighted by Crippen LogP contribution is 2.44. The van der Waals surface area contributed by atoms with Crippen LogP contribution in [0.25, 0.3) is 0 Å². The van der Waals surface area contributed by atoms with Gasteiger partial charge in [0, 0.05) is 17.8 Å². The molecular weight excluding hydrogens is 386 g/mol. The molecule has 0 radical (unpaired) electrons. The van der Waals surface area contributed by atoms with E-state index < -0.39 is 0 Å². The Bertz CT molecular complexity index is 575. The second-order valence-corrected chi connectivity index (χ2v) is 11.4. The molecule has 2 fully saturated rings. The molecule has 1 heterocycles. The number of rotatable bonds is 14. The van der Waals surface area contributed by atoms with Crippen molar-refractivity contribution in [3.05, 3.63) is 29.6 Å². The molecule has 1 aromatic heterocycles. The normalized spacial score (nSPS) is 26.3. The van der Waals surface area contributed by atoms with Gasteiger partial charge in [-0.3, -0.25) is 4.98 Å². The van der Waals surface area contributed by atoms with Crippen LogP contribution in [0.15, 0.2) is 18.3 Å². The van der Waals surface area contributed by atoms with Gasteiger partial charge in [0.1, 0.15) is 0 Å². The van der Waals surface area contributed by atoms with E-state index in [1.165, 1.54) is 140 Å². The number of hydrogen-bond donors (Lipinski definition) is 0. The zero-order valence-corrected chi connectivity index (χ0v) is 21.6. The molecule has 0 aromatic carbocycles. The molecular formula is C31H53N. The lowest BCUT2D eigenvalue weighted by molar-refractivity contribution is 0.155. The van der Waals surface area contributed by atoms with Crippen molar-refractivity contribution in [2.45, 2.75) is 148 Å². The van der Waals surface area contributed by atoms with Crippen LogP contribution in [-0.2, 0) is 6.42 Å². The van der Waals surface area contributed by atoms with E-state index in [1.54, 1.807) is 0 Å². The molecule has 1 heteroatoms. The summed E-state index contributed by atoms with van der Waals surface area (Å²) in [5.74, 6) is 3.83. The molecule has 1 aromatic rings. The Labute approximate surface area is 200 Å². The Morgan fingerprint density at radius 1 is 0.656 bits per heavy atom. The topological polar surface area (TPSA) is 12.9 Å². The van der Waals surface area contributed by atoms with E-state index >= 15 is 0 Å². The number of pyridine rings is 1. The molecule has 182 valence electrons. The van der Waals surface area contributed by atoms with Crippen LogP contribution in [0.3, 0.4) is 0 Å². The van der Waals surface area contributed by atoms with E-state index in [4.69, 9.17) is 4.98 Å². The lowest BCUT2D eigenvalue weighted by Gasteiger charge is -2.38. The SMILES string of the molecule is CCCCCCCc1ccc(C2CCC([C@H]3CC[C@H](CCCCCCC)CC3)CC2)nc1. The maximum absolute atomic E-state index is 4.91. The number of nitrogens with zero attached hydrogens (tertiary/aromatic N) is 1. The highest BCUT2D eigenvalue weighted by atomic mass is 14.7. The first-order valence-electron chi connectivity index (χ1n) is 14.7. The zero-order valence-electron chi connectivity index (χ0n) is 21.6. The molecule has 2 saturated carbocycles. The fraction of sp³-hybridized carbons (Fsp3) is 0.839. The smallest absolute Gasteiger partial charge is 0.0434 e. The molecule has 3 rings (SSSR count). The van der Waals surface area contributed by atoms with Gasteiger partial charge in [0.25, 0.3) is 0 Å². The molecule has 0 aliphatic heterocycles. The summed E-state index contributed by atoms with van der Waals surface area (Å²) < 4.78 is 0. The van der Waals surface area contributed by atoms with Gasteiger partial charge in [-0.05, 0) is 80.8 Å². The summed E-state index contributed by atoms with van der Waals surface area (Å²) in [5.41, 5.74) is 2.83. The first-order valence-corrected chi connectivity index (χ1v) is 14.7. The second kappa shape index (κ2) is 15.1. The highest BCUT2D eigenvalue weighted by molar-refractivity contribution is 5.17. The largest absolute Gasteiger partial charge is 0.261 e. The second-order valence-electron chi connectivity index (χ2n) is 11.4. The standard InChI is InChI=1S/C31H53N/c1-3-5-7-9-11-13-26-15-18-28(19-16-26)29-20-22-30(23-21-29)31-24-17-27(25-32-31)14-12-10-8-6-4-2/h17,24-26,28-30H,3-16,18-23H2,1-2H3/t26-,28-,29?,30?. The molecule has 0 spiro atoms. The van der Waals surface area contributed by atoms with Crippen LogP contribution in [0.5, 0.6) is 0 Å². The van der Waals surface area contributed by atoms with Crippen LogP contribution in [0.2, 0.25) is 0 Å². The maximum atomic E-state index is 4.91. The molecule has 0 N–H and O–H groups in total. The number of hydrogen-bond acceptors (Lipinski definition) is 1. The van der Waals surface area contributed by atoms with Crippen LogP contribution in [-0.4, -0.2) is 4.98 Å². The monoisotopic (exact) mass is 439 g/mol. The minimum absolute atomic E-state index is 0.726. The highest BCUT2D eigenvalue weighted by Gasteiger charge is 2.31. The summed E-state index contributed by atoms with van der Waals surface area (Å²) in [6.45, 7) is 4.61. The van der Waals surface area contributed by atoms with E-state index in [-0.39, 0.29) is 0 Å². The molecule has 2 aliphatic carbocycles. The molecule has 0 atom stereocenters. The number of aromatic nitrogens is 1. The van der Waals surface area contributed by atoms with Crippen molar-refractivity contribution >= 4 is 0 Å². The van der Waals surface area contributed by atoms with Crippen LogP contribution in [0, 0.1) is 17.8 Å². The van der Waals surface area contributed by atoms with Gasteiger partial charge in [-0.15, -0.1) is 0 Å². The van der Waals surface area contributed by atoms with E-state index in [0.29, 0.717) is 0 Å². The van der Waals surface area contributed by atoms with Gasteiger partial charge in [-0.2, -0.15) is 0 Å². The fourth-order valence-electron chi connectivity index (χ4n) is 6.63. The van der Waals surface area contributed by atoms with Crippen molar-refractivity contribution in [2.24, 2.45) is 17.8 Å². The fourth-order valence-corrected chi connectivity index (χ4v) is 6.63. The van der Waals surface area contributed by atoms with Crippen molar-refractivity contribution in [1.29, 1.82) is 0 Å². The molecule has 0 unspecified atom stereocenters. The molecule has 32 heavy (non-hydrogen) atoms. The van der Waals surface area contributed by atoms with Gasteiger partial charge in [-0.1, -0.05) is 97.0 Å². The Morgan fingerprint density at radius 3 is 1.84 bits per heavy atom. The number of unbranched alkanes of at least 4 members (excludes halogenated alkanes) is 8. The summed E-state index contributed by atoms with van der Waals surface area (Å²) >= 11 is 0. The van der Waals surface area contributed by atoms with Crippen molar-refractivity contribution < 1.29 is 0 Å². The lowest BCUT2D eigenvalue weighted by atomic mass is 9.68. The van der Waals surface area contributed by atoms with Gasteiger partial charge in [0.2, 0.25) is 0 Å². The first kappa shape index (κ1) is 25.8. The van der Waals surface area contributed by atoms with Crippen molar-refractivity contribution in [1.82, 2.24) is 4.98 Å². The predicted molar refractivity (Wildman–Crippen MR) is 140 cm³/mol. The van der Waals surface area contributed by atoms with Crippen molar-refractivity contribution in [3.63, 3.8) is 0 Å².